The second-order valence-electron chi connectivity index (χ2n) is 6.96. The number of likely N-dealkylation sites (tertiary alicyclic amines) is 1. The Morgan fingerprint density at radius 2 is 1.88 bits per heavy atom. The Bertz CT molecular complexity index is 613. The van der Waals surface area contributed by atoms with Gasteiger partial charge in [0.1, 0.15) is 5.82 Å². The molecule has 0 aromatic heterocycles. The van der Waals surface area contributed by atoms with Crippen molar-refractivity contribution in [2.75, 3.05) is 7.05 Å². The van der Waals surface area contributed by atoms with Gasteiger partial charge in [-0.15, -0.1) is 0 Å². The normalized spacial score (nSPS) is 25.6. The summed E-state index contributed by atoms with van der Waals surface area (Å²) in [5.41, 5.74) is 0.428. The number of hydrogen-bond acceptors (Lipinski definition) is 2. The molecule has 0 bridgehead atoms. The minimum atomic E-state index is -0.531. The van der Waals surface area contributed by atoms with Crippen LogP contribution in [0.25, 0.3) is 0 Å². The molecule has 1 saturated carbocycles. The van der Waals surface area contributed by atoms with Gasteiger partial charge in [0, 0.05) is 25.1 Å². The van der Waals surface area contributed by atoms with Gasteiger partial charge in [-0.05, 0) is 25.3 Å². The predicted octanol–water partition coefficient (Wildman–Crippen LogP) is 3.18. The van der Waals surface area contributed by atoms with Crippen LogP contribution in [-0.4, -0.2) is 29.8 Å². The van der Waals surface area contributed by atoms with Crippen molar-refractivity contribution in [2.45, 2.75) is 57.0 Å². The van der Waals surface area contributed by atoms with Crippen LogP contribution in [-0.2, 0) is 9.59 Å². The maximum absolute atomic E-state index is 14.3. The molecule has 0 radical (unpaired) electrons. The molecule has 1 saturated heterocycles. The molecule has 4 nitrogen and oxygen atoms in total. The first kappa shape index (κ1) is 16.9. The number of nitrogens with one attached hydrogen (secondary N) is 1. The van der Waals surface area contributed by atoms with Crippen molar-refractivity contribution in [1.82, 2.24) is 10.2 Å². The Balaban J connectivity index is 1.82. The Morgan fingerprint density at radius 3 is 2.58 bits per heavy atom. The molecule has 1 aliphatic heterocycles. The molecular weight excluding hydrogens is 307 g/mol. The molecule has 2 aliphatic rings. The lowest BCUT2D eigenvalue weighted by Crippen LogP contribution is -2.49. The van der Waals surface area contributed by atoms with E-state index in [0.717, 1.165) is 25.7 Å². The maximum atomic E-state index is 14.3. The highest BCUT2D eigenvalue weighted by Crippen LogP contribution is 2.37. The quantitative estimate of drug-likeness (QED) is 0.924. The zero-order valence-corrected chi connectivity index (χ0v) is 14.1. The van der Waals surface area contributed by atoms with Crippen LogP contribution < -0.4 is 5.32 Å². The van der Waals surface area contributed by atoms with Crippen LogP contribution in [0, 0.1) is 11.7 Å². The molecule has 130 valence electrons. The number of benzene rings is 1. The smallest absolute Gasteiger partial charge is 0.225 e. The molecule has 0 spiro atoms. The van der Waals surface area contributed by atoms with Crippen LogP contribution in [0.1, 0.15) is 56.6 Å². The van der Waals surface area contributed by atoms with Crippen LogP contribution in [0.2, 0.25) is 0 Å². The average Bonchev–Trinajstić information content (AvgIpc) is 2.59. The van der Waals surface area contributed by atoms with Crippen LogP contribution in [0.3, 0.4) is 0 Å². The van der Waals surface area contributed by atoms with Gasteiger partial charge in [-0.2, -0.15) is 0 Å². The third-order valence-corrected chi connectivity index (χ3v) is 5.37. The summed E-state index contributed by atoms with van der Waals surface area (Å²) in [4.78, 5) is 26.5. The van der Waals surface area contributed by atoms with Gasteiger partial charge < -0.3 is 10.2 Å². The molecule has 2 unspecified atom stereocenters. The van der Waals surface area contributed by atoms with E-state index in [1.807, 2.05) is 0 Å². The van der Waals surface area contributed by atoms with E-state index < -0.39 is 12.0 Å². The fourth-order valence-corrected chi connectivity index (χ4v) is 4.01. The lowest BCUT2D eigenvalue weighted by atomic mass is 9.83. The zero-order chi connectivity index (χ0) is 17.1. The molecular formula is C19H25FN2O2. The summed E-state index contributed by atoms with van der Waals surface area (Å²) < 4.78 is 14.3. The molecule has 5 heteroatoms. The Labute approximate surface area is 142 Å². The number of rotatable bonds is 3. The van der Waals surface area contributed by atoms with Crippen LogP contribution >= 0.6 is 0 Å². The summed E-state index contributed by atoms with van der Waals surface area (Å²) in [6, 6.07) is 6.13. The predicted molar refractivity (Wildman–Crippen MR) is 89.7 cm³/mol. The van der Waals surface area contributed by atoms with Crippen molar-refractivity contribution in [2.24, 2.45) is 5.92 Å². The summed E-state index contributed by atoms with van der Waals surface area (Å²) in [6.45, 7) is 0. The van der Waals surface area contributed by atoms with Gasteiger partial charge in [-0.3, -0.25) is 9.59 Å². The highest BCUT2D eigenvalue weighted by Gasteiger charge is 2.40. The molecule has 1 N–H and O–H groups in total. The fraction of sp³-hybridized carbons (Fsp3) is 0.579. The largest absolute Gasteiger partial charge is 0.353 e. The van der Waals surface area contributed by atoms with Crippen molar-refractivity contribution >= 4 is 11.8 Å². The lowest BCUT2D eigenvalue weighted by molar-refractivity contribution is -0.142. The van der Waals surface area contributed by atoms with Gasteiger partial charge in [0.15, 0.2) is 0 Å². The van der Waals surface area contributed by atoms with Gasteiger partial charge >= 0.3 is 0 Å². The number of carbonyl (C=O) groups is 2. The summed E-state index contributed by atoms with van der Waals surface area (Å²) >= 11 is 0. The van der Waals surface area contributed by atoms with Crippen molar-refractivity contribution in [3.8, 4) is 0 Å². The summed E-state index contributed by atoms with van der Waals surface area (Å²) in [5.74, 6) is -0.842. The maximum Gasteiger partial charge on any atom is 0.225 e. The second-order valence-corrected chi connectivity index (χ2v) is 6.96. The number of hydrogen-bond donors (Lipinski definition) is 1. The third-order valence-electron chi connectivity index (χ3n) is 5.37. The summed E-state index contributed by atoms with van der Waals surface area (Å²) in [6.07, 6.45) is 6.35. The average molecular weight is 332 g/mol. The molecule has 24 heavy (non-hydrogen) atoms. The Morgan fingerprint density at radius 1 is 1.17 bits per heavy atom. The topological polar surface area (TPSA) is 49.4 Å². The van der Waals surface area contributed by atoms with Gasteiger partial charge in [0.2, 0.25) is 11.8 Å². The molecule has 2 atom stereocenters. The highest BCUT2D eigenvalue weighted by atomic mass is 19.1. The van der Waals surface area contributed by atoms with Crippen LogP contribution in [0.15, 0.2) is 24.3 Å². The fourth-order valence-electron chi connectivity index (χ4n) is 4.01. The molecule has 1 aliphatic carbocycles. The summed E-state index contributed by atoms with van der Waals surface area (Å²) in [5, 5.41) is 3.14. The van der Waals surface area contributed by atoms with E-state index in [9.17, 15) is 14.0 Å². The lowest BCUT2D eigenvalue weighted by Gasteiger charge is -2.39. The molecule has 3 rings (SSSR count). The molecule has 1 aromatic carbocycles. The SMILES string of the molecule is CN1C(=O)CCC(C(=O)NC2CCCCC2)C1c1ccccc1F. The minimum absolute atomic E-state index is 0.0371. The number of carbonyl (C=O) groups excluding carboxylic acids is 2. The van der Waals surface area contributed by atoms with Crippen molar-refractivity contribution in [3.05, 3.63) is 35.6 Å². The van der Waals surface area contributed by atoms with E-state index >= 15 is 0 Å². The minimum Gasteiger partial charge on any atom is -0.353 e. The number of amides is 2. The number of piperidine rings is 1. The monoisotopic (exact) mass is 332 g/mol. The standard InChI is InChI=1S/C19H25FN2O2/c1-22-17(23)12-11-15(18(22)14-9-5-6-10-16(14)20)19(24)21-13-7-3-2-4-8-13/h5-6,9-10,13,15,18H,2-4,7-8,11-12H2,1H3,(H,21,24). The summed E-state index contributed by atoms with van der Waals surface area (Å²) in [7, 11) is 1.67. The first-order chi connectivity index (χ1) is 11.6. The zero-order valence-electron chi connectivity index (χ0n) is 14.1. The molecule has 1 aromatic rings. The molecule has 2 amide bonds. The van der Waals surface area contributed by atoms with Crippen molar-refractivity contribution < 1.29 is 14.0 Å². The highest BCUT2D eigenvalue weighted by molar-refractivity contribution is 5.85. The van der Waals surface area contributed by atoms with E-state index in [0.29, 0.717) is 18.4 Å². The van der Waals surface area contributed by atoms with E-state index in [1.54, 1.807) is 25.2 Å². The van der Waals surface area contributed by atoms with E-state index in [-0.39, 0.29) is 23.7 Å². The van der Waals surface area contributed by atoms with Crippen LogP contribution in [0.4, 0.5) is 4.39 Å². The van der Waals surface area contributed by atoms with Gasteiger partial charge in [0.05, 0.1) is 12.0 Å². The first-order valence-corrected chi connectivity index (χ1v) is 8.88. The van der Waals surface area contributed by atoms with Crippen molar-refractivity contribution in [1.29, 1.82) is 0 Å². The molecule has 2 fully saturated rings. The van der Waals surface area contributed by atoms with Gasteiger partial charge in [0.25, 0.3) is 0 Å². The third kappa shape index (κ3) is 3.45. The van der Waals surface area contributed by atoms with Crippen molar-refractivity contribution in [3.63, 3.8) is 0 Å². The van der Waals surface area contributed by atoms with E-state index in [2.05, 4.69) is 5.32 Å². The number of nitrogens with zero attached hydrogens (tertiary/aromatic N) is 1. The van der Waals surface area contributed by atoms with Gasteiger partial charge in [-0.25, -0.2) is 4.39 Å². The van der Waals surface area contributed by atoms with Crippen LogP contribution in [0.5, 0.6) is 0 Å². The Kier molecular flexibility index (Phi) is 5.17. The second kappa shape index (κ2) is 7.32. The van der Waals surface area contributed by atoms with E-state index in [4.69, 9.17) is 0 Å². The van der Waals surface area contributed by atoms with Gasteiger partial charge in [-0.1, -0.05) is 37.5 Å². The number of halogens is 1. The van der Waals surface area contributed by atoms with E-state index in [1.165, 1.54) is 17.4 Å². The molecule has 1 heterocycles. The Hall–Kier alpha value is -1.91. The first-order valence-electron chi connectivity index (χ1n) is 8.88.